The molecule has 2 atom stereocenters. The maximum atomic E-state index is 12.4. The van der Waals surface area contributed by atoms with Crippen LogP contribution in [0, 0.1) is 10.1 Å². The van der Waals surface area contributed by atoms with Crippen molar-refractivity contribution in [2.75, 3.05) is 6.54 Å². The van der Waals surface area contributed by atoms with Crippen molar-refractivity contribution in [1.82, 2.24) is 20.4 Å². The van der Waals surface area contributed by atoms with Gasteiger partial charge in [0.15, 0.2) is 5.69 Å². The van der Waals surface area contributed by atoms with E-state index in [0.29, 0.717) is 11.4 Å². The van der Waals surface area contributed by atoms with Gasteiger partial charge in [0.05, 0.1) is 10.6 Å². The molecule has 0 saturated carbocycles. The fourth-order valence-electron chi connectivity index (χ4n) is 2.82. The zero-order valence-corrected chi connectivity index (χ0v) is 14.5. The number of nitro groups is 1. The summed E-state index contributed by atoms with van der Waals surface area (Å²) in [5, 5.41) is 21.4. The predicted molar refractivity (Wildman–Crippen MR) is 95.4 cm³/mol. The number of nitro benzene ring substituents is 1. The van der Waals surface area contributed by atoms with Crippen LogP contribution in [0.4, 0.5) is 5.69 Å². The maximum absolute atomic E-state index is 12.4. The minimum absolute atomic E-state index is 0. The van der Waals surface area contributed by atoms with Crippen molar-refractivity contribution in [1.29, 1.82) is 0 Å². The highest BCUT2D eigenvalue weighted by atomic mass is 35.5. The Morgan fingerprint density at radius 1 is 1.44 bits per heavy atom. The summed E-state index contributed by atoms with van der Waals surface area (Å²) in [6.45, 7) is 3.01. The van der Waals surface area contributed by atoms with Gasteiger partial charge in [-0.05, 0) is 38.4 Å². The molecular formula is C16H20ClN5O3. The van der Waals surface area contributed by atoms with E-state index in [1.54, 1.807) is 24.4 Å². The number of carbonyl (C=O) groups is 1. The molecule has 9 heteroatoms. The van der Waals surface area contributed by atoms with Gasteiger partial charge >= 0.3 is 0 Å². The third-order valence-electron chi connectivity index (χ3n) is 4.21. The number of benzene rings is 1. The normalized spacial score (nSPS) is 19.7. The third kappa shape index (κ3) is 4.34. The third-order valence-corrected chi connectivity index (χ3v) is 4.21. The molecule has 134 valence electrons. The number of aromatic nitrogens is 2. The number of carbonyl (C=O) groups excluding carboxylic acids is 1. The van der Waals surface area contributed by atoms with Gasteiger partial charge in [-0.3, -0.25) is 14.9 Å². The first-order valence-corrected chi connectivity index (χ1v) is 7.89. The van der Waals surface area contributed by atoms with E-state index in [1.807, 2.05) is 6.92 Å². The maximum Gasteiger partial charge on any atom is 0.272 e. The van der Waals surface area contributed by atoms with Crippen molar-refractivity contribution in [2.24, 2.45) is 0 Å². The SMILES string of the molecule is CC1NCCCC1NC(=O)c1ccn(-c2cccc([N+](=O)[O-])c2)n1.Cl. The average molecular weight is 366 g/mol. The van der Waals surface area contributed by atoms with Crippen LogP contribution in [0.2, 0.25) is 0 Å². The van der Waals surface area contributed by atoms with Gasteiger partial charge in [0.2, 0.25) is 0 Å². The number of piperidine rings is 1. The first-order valence-electron chi connectivity index (χ1n) is 7.89. The highest BCUT2D eigenvalue weighted by Crippen LogP contribution is 2.16. The molecule has 2 unspecified atom stereocenters. The molecule has 25 heavy (non-hydrogen) atoms. The van der Waals surface area contributed by atoms with Gasteiger partial charge < -0.3 is 10.6 Å². The lowest BCUT2D eigenvalue weighted by Crippen LogP contribution is -2.52. The fourth-order valence-corrected chi connectivity index (χ4v) is 2.82. The van der Waals surface area contributed by atoms with Crippen LogP contribution in [0.15, 0.2) is 36.5 Å². The molecule has 2 N–H and O–H groups in total. The zero-order valence-electron chi connectivity index (χ0n) is 13.7. The van der Waals surface area contributed by atoms with E-state index in [2.05, 4.69) is 15.7 Å². The van der Waals surface area contributed by atoms with Crippen molar-refractivity contribution < 1.29 is 9.72 Å². The van der Waals surface area contributed by atoms with E-state index in [9.17, 15) is 14.9 Å². The molecule has 3 rings (SSSR count). The average Bonchev–Trinajstić information content (AvgIpc) is 3.07. The Bertz CT molecular complexity index is 764. The second-order valence-corrected chi connectivity index (χ2v) is 5.89. The van der Waals surface area contributed by atoms with E-state index in [4.69, 9.17) is 0 Å². The summed E-state index contributed by atoms with van der Waals surface area (Å²) in [4.78, 5) is 22.8. The minimum Gasteiger partial charge on any atom is -0.346 e. The molecule has 1 amide bonds. The van der Waals surface area contributed by atoms with Crippen molar-refractivity contribution in [2.45, 2.75) is 31.8 Å². The summed E-state index contributed by atoms with van der Waals surface area (Å²) in [5.74, 6) is -0.236. The zero-order chi connectivity index (χ0) is 17.1. The lowest BCUT2D eigenvalue weighted by molar-refractivity contribution is -0.384. The van der Waals surface area contributed by atoms with Crippen LogP contribution >= 0.6 is 12.4 Å². The van der Waals surface area contributed by atoms with Crippen molar-refractivity contribution in [3.63, 3.8) is 0 Å². The first kappa shape index (κ1) is 18.9. The molecule has 2 heterocycles. The molecule has 1 saturated heterocycles. The summed E-state index contributed by atoms with van der Waals surface area (Å²) in [6, 6.07) is 8.03. The number of non-ortho nitro benzene ring substituents is 1. The van der Waals surface area contributed by atoms with Crippen LogP contribution in [-0.4, -0.2) is 39.2 Å². The summed E-state index contributed by atoms with van der Waals surface area (Å²) < 4.78 is 1.46. The Hall–Kier alpha value is -2.45. The number of hydrogen-bond acceptors (Lipinski definition) is 5. The van der Waals surface area contributed by atoms with Crippen molar-refractivity contribution in [3.05, 3.63) is 52.3 Å². The Balaban J connectivity index is 0.00000225. The van der Waals surface area contributed by atoms with Gasteiger partial charge in [-0.2, -0.15) is 5.10 Å². The van der Waals surface area contributed by atoms with Crippen LogP contribution in [0.5, 0.6) is 0 Å². The fraction of sp³-hybridized carbons (Fsp3) is 0.375. The van der Waals surface area contributed by atoms with E-state index in [1.165, 1.54) is 16.8 Å². The van der Waals surface area contributed by atoms with Crippen LogP contribution in [0.25, 0.3) is 5.69 Å². The number of amides is 1. The van der Waals surface area contributed by atoms with Gasteiger partial charge in [0.1, 0.15) is 0 Å². The molecule has 1 fully saturated rings. The molecule has 1 aromatic heterocycles. The molecule has 1 aliphatic rings. The molecule has 0 spiro atoms. The number of rotatable bonds is 4. The van der Waals surface area contributed by atoms with E-state index in [-0.39, 0.29) is 36.1 Å². The molecule has 0 aliphatic carbocycles. The quantitative estimate of drug-likeness (QED) is 0.638. The van der Waals surface area contributed by atoms with E-state index >= 15 is 0 Å². The molecule has 8 nitrogen and oxygen atoms in total. The molecule has 1 aliphatic heterocycles. The number of halogens is 1. The standard InChI is InChI=1S/C16H19N5O3.ClH/c1-11-14(6-3-8-17-11)18-16(22)15-7-9-20(19-15)12-4-2-5-13(10-12)21(23)24;/h2,4-5,7,9-11,14,17H,3,6,8H2,1H3,(H,18,22);1H. The smallest absolute Gasteiger partial charge is 0.272 e. The monoisotopic (exact) mass is 365 g/mol. The highest BCUT2D eigenvalue weighted by Gasteiger charge is 2.23. The van der Waals surface area contributed by atoms with Crippen molar-refractivity contribution >= 4 is 24.0 Å². The Morgan fingerprint density at radius 2 is 2.24 bits per heavy atom. The molecule has 2 aromatic rings. The van der Waals surface area contributed by atoms with Gasteiger partial charge in [-0.1, -0.05) is 6.07 Å². The summed E-state index contributed by atoms with van der Waals surface area (Å²) >= 11 is 0. The van der Waals surface area contributed by atoms with Crippen LogP contribution in [0.3, 0.4) is 0 Å². The van der Waals surface area contributed by atoms with Gasteiger partial charge in [-0.15, -0.1) is 12.4 Å². The molecule has 1 aromatic carbocycles. The van der Waals surface area contributed by atoms with Gasteiger partial charge in [0.25, 0.3) is 11.6 Å². The Labute approximate surface area is 151 Å². The van der Waals surface area contributed by atoms with Crippen LogP contribution in [-0.2, 0) is 0 Å². The van der Waals surface area contributed by atoms with Crippen LogP contribution < -0.4 is 10.6 Å². The summed E-state index contributed by atoms with van der Waals surface area (Å²) in [5.41, 5.74) is 0.811. The minimum atomic E-state index is -0.460. The predicted octanol–water partition coefficient (Wildman–Crippen LogP) is 2.07. The number of hydrogen-bond donors (Lipinski definition) is 2. The molecule has 0 bridgehead atoms. The number of nitrogens with zero attached hydrogens (tertiary/aromatic N) is 3. The van der Waals surface area contributed by atoms with Crippen molar-refractivity contribution in [3.8, 4) is 5.69 Å². The largest absolute Gasteiger partial charge is 0.346 e. The van der Waals surface area contributed by atoms with Gasteiger partial charge in [-0.25, -0.2) is 4.68 Å². The topological polar surface area (TPSA) is 102 Å². The molecule has 0 radical (unpaired) electrons. The summed E-state index contributed by atoms with van der Waals surface area (Å²) in [6.07, 6.45) is 3.58. The van der Waals surface area contributed by atoms with E-state index < -0.39 is 4.92 Å². The first-order chi connectivity index (χ1) is 11.5. The van der Waals surface area contributed by atoms with Gasteiger partial charge in [0, 0.05) is 30.4 Å². The second kappa shape index (κ2) is 8.09. The van der Waals surface area contributed by atoms with Crippen LogP contribution in [0.1, 0.15) is 30.3 Å². The second-order valence-electron chi connectivity index (χ2n) is 5.89. The lowest BCUT2D eigenvalue weighted by Gasteiger charge is -2.30. The Kier molecular flexibility index (Phi) is 6.11. The highest BCUT2D eigenvalue weighted by molar-refractivity contribution is 5.92. The van der Waals surface area contributed by atoms with E-state index in [0.717, 1.165) is 19.4 Å². The number of nitrogens with one attached hydrogen (secondary N) is 2. The lowest BCUT2D eigenvalue weighted by atomic mass is 10.00. The molecular weight excluding hydrogens is 346 g/mol. The Morgan fingerprint density at radius 3 is 2.96 bits per heavy atom. The summed E-state index contributed by atoms with van der Waals surface area (Å²) in [7, 11) is 0.